The van der Waals surface area contributed by atoms with Crippen LogP contribution in [0.1, 0.15) is 40.5 Å². The maximum Gasteiger partial charge on any atom is 0.350 e. The molecular formula is C22H24N4O2. The summed E-state index contributed by atoms with van der Waals surface area (Å²) in [6.45, 7) is 3.28. The Hall–Kier alpha value is -3.15. The summed E-state index contributed by atoms with van der Waals surface area (Å²) in [7, 11) is 1.67. The van der Waals surface area contributed by atoms with Crippen LogP contribution in [-0.2, 0) is 7.05 Å². The van der Waals surface area contributed by atoms with Gasteiger partial charge in [0, 0.05) is 31.6 Å². The fourth-order valence-electron chi connectivity index (χ4n) is 3.90. The molecule has 1 aliphatic heterocycles. The van der Waals surface area contributed by atoms with Crippen LogP contribution in [0.4, 0.5) is 0 Å². The average Bonchev–Trinajstić information content (AvgIpc) is 3.03. The number of nitrogens with zero attached hydrogens (tertiary/aromatic N) is 4. The summed E-state index contributed by atoms with van der Waals surface area (Å²) >= 11 is 0. The number of rotatable bonds is 3. The van der Waals surface area contributed by atoms with Gasteiger partial charge >= 0.3 is 5.69 Å². The molecule has 0 N–H and O–H groups in total. The molecule has 6 nitrogen and oxygen atoms in total. The fraction of sp³-hybridized carbons (Fsp3) is 0.318. The quantitative estimate of drug-likeness (QED) is 0.706. The maximum atomic E-state index is 13.0. The maximum absolute atomic E-state index is 13.0. The van der Waals surface area contributed by atoms with E-state index in [-0.39, 0.29) is 17.5 Å². The second kappa shape index (κ2) is 7.46. The molecule has 4 rings (SSSR count). The van der Waals surface area contributed by atoms with E-state index in [4.69, 9.17) is 0 Å². The van der Waals surface area contributed by atoms with Gasteiger partial charge in [-0.3, -0.25) is 4.79 Å². The molecule has 0 radical (unpaired) electrons. The number of carbonyl (C=O) groups excluding carboxylic acids is 1. The molecular weight excluding hydrogens is 352 g/mol. The monoisotopic (exact) mass is 376 g/mol. The number of carbonyl (C=O) groups is 1. The van der Waals surface area contributed by atoms with Gasteiger partial charge in [-0.2, -0.15) is 5.10 Å². The molecule has 28 heavy (non-hydrogen) atoms. The number of para-hydroxylation sites is 1. The highest BCUT2D eigenvalue weighted by Gasteiger charge is 2.30. The number of aromatic nitrogens is 3. The van der Waals surface area contributed by atoms with Crippen LogP contribution in [0.3, 0.4) is 0 Å². The molecule has 0 aliphatic carbocycles. The van der Waals surface area contributed by atoms with Crippen molar-refractivity contribution in [3.8, 4) is 5.69 Å². The third-order valence-electron chi connectivity index (χ3n) is 5.30. The van der Waals surface area contributed by atoms with E-state index < -0.39 is 0 Å². The van der Waals surface area contributed by atoms with Gasteiger partial charge in [-0.1, -0.05) is 35.9 Å². The number of piperidine rings is 1. The van der Waals surface area contributed by atoms with Crippen molar-refractivity contribution in [1.82, 2.24) is 19.2 Å². The van der Waals surface area contributed by atoms with Gasteiger partial charge in [0.2, 0.25) is 0 Å². The normalized spacial score (nSPS) is 16.9. The average molecular weight is 376 g/mol. The van der Waals surface area contributed by atoms with E-state index in [1.54, 1.807) is 11.6 Å². The predicted molar refractivity (Wildman–Crippen MR) is 108 cm³/mol. The van der Waals surface area contributed by atoms with Gasteiger partial charge < -0.3 is 4.90 Å². The van der Waals surface area contributed by atoms with Gasteiger partial charge in [-0.05, 0) is 44.0 Å². The minimum atomic E-state index is -0.164. The fourth-order valence-corrected chi connectivity index (χ4v) is 3.90. The third kappa shape index (κ3) is 3.38. The molecule has 0 spiro atoms. The van der Waals surface area contributed by atoms with Crippen molar-refractivity contribution < 1.29 is 4.79 Å². The van der Waals surface area contributed by atoms with E-state index in [0.29, 0.717) is 12.1 Å². The van der Waals surface area contributed by atoms with Crippen molar-refractivity contribution in [2.24, 2.45) is 7.05 Å². The van der Waals surface area contributed by atoms with Gasteiger partial charge in [-0.25, -0.2) is 14.0 Å². The summed E-state index contributed by atoms with van der Waals surface area (Å²) in [4.78, 5) is 27.6. The molecule has 1 fully saturated rings. The highest BCUT2D eigenvalue weighted by atomic mass is 16.2. The molecule has 2 heterocycles. The zero-order valence-electron chi connectivity index (χ0n) is 16.2. The number of aryl methyl sites for hydroxylation is 2. The van der Waals surface area contributed by atoms with E-state index in [9.17, 15) is 9.59 Å². The SMILES string of the molecule is Cc1cccc(C(=O)N2CCCC(c3nn(C)c(=O)n3-c3ccccc3)C2)c1. The smallest absolute Gasteiger partial charge is 0.338 e. The number of hydrogen-bond acceptors (Lipinski definition) is 3. The summed E-state index contributed by atoms with van der Waals surface area (Å²) < 4.78 is 3.05. The molecule has 0 saturated carbocycles. The first-order valence-electron chi connectivity index (χ1n) is 9.62. The van der Waals surface area contributed by atoms with Crippen molar-refractivity contribution in [2.45, 2.75) is 25.7 Å². The topological polar surface area (TPSA) is 60.1 Å². The molecule has 0 bridgehead atoms. The molecule has 144 valence electrons. The Morgan fingerprint density at radius 1 is 1.11 bits per heavy atom. The highest BCUT2D eigenvalue weighted by molar-refractivity contribution is 5.94. The lowest BCUT2D eigenvalue weighted by molar-refractivity contribution is 0.0703. The van der Waals surface area contributed by atoms with E-state index in [1.807, 2.05) is 66.4 Å². The Balaban J connectivity index is 1.65. The second-order valence-electron chi connectivity index (χ2n) is 7.40. The molecule has 3 aromatic rings. The van der Waals surface area contributed by atoms with Crippen LogP contribution in [0, 0.1) is 6.92 Å². The summed E-state index contributed by atoms with van der Waals surface area (Å²) in [5, 5.41) is 4.52. The van der Waals surface area contributed by atoms with Crippen molar-refractivity contribution in [3.63, 3.8) is 0 Å². The van der Waals surface area contributed by atoms with Gasteiger partial charge in [0.1, 0.15) is 5.82 Å². The molecule has 1 unspecified atom stereocenters. The van der Waals surface area contributed by atoms with Crippen molar-refractivity contribution >= 4 is 5.91 Å². The van der Waals surface area contributed by atoms with Crippen molar-refractivity contribution in [3.05, 3.63) is 82.0 Å². The highest BCUT2D eigenvalue weighted by Crippen LogP contribution is 2.27. The number of hydrogen-bond donors (Lipinski definition) is 0. The van der Waals surface area contributed by atoms with E-state index in [1.165, 1.54) is 4.68 Å². The van der Waals surface area contributed by atoms with E-state index in [0.717, 1.165) is 36.5 Å². The minimum absolute atomic E-state index is 0.0246. The molecule has 1 aromatic heterocycles. The zero-order valence-corrected chi connectivity index (χ0v) is 16.2. The Kier molecular flexibility index (Phi) is 4.86. The number of likely N-dealkylation sites (tertiary alicyclic amines) is 1. The van der Waals surface area contributed by atoms with Gasteiger partial charge in [0.05, 0.1) is 5.69 Å². The molecule has 6 heteroatoms. The van der Waals surface area contributed by atoms with Gasteiger partial charge in [-0.15, -0.1) is 0 Å². The Bertz CT molecular complexity index is 1050. The van der Waals surface area contributed by atoms with Crippen LogP contribution >= 0.6 is 0 Å². The van der Waals surface area contributed by atoms with Gasteiger partial charge in [0.15, 0.2) is 0 Å². The Morgan fingerprint density at radius 3 is 2.64 bits per heavy atom. The molecule has 1 saturated heterocycles. The van der Waals surface area contributed by atoms with Crippen LogP contribution in [-0.4, -0.2) is 38.2 Å². The molecule has 1 aliphatic rings. The van der Waals surface area contributed by atoms with Crippen LogP contribution in [0.2, 0.25) is 0 Å². The Morgan fingerprint density at radius 2 is 1.89 bits per heavy atom. The lowest BCUT2D eigenvalue weighted by atomic mass is 9.96. The van der Waals surface area contributed by atoms with Crippen molar-refractivity contribution in [1.29, 1.82) is 0 Å². The largest absolute Gasteiger partial charge is 0.350 e. The van der Waals surface area contributed by atoms with Crippen LogP contribution in [0.15, 0.2) is 59.4 Å². The lowest BCUT2D eigenvalue weighted by Crippen LogP contribution is -2.40. The number of amides is 1. The van der Waals surface area contributed by atoms with Gasteiger partial charge in [0.25, 0.3) is 5.91 Å². The number of benzene rings is 2. The summed E-state index contributed by atoms with van der Waals surface area (Å²) in [5.74, 6) is 0.787. The lowest BCUT2D eigenvalue weighted by Gasteiger charge is -2.32. The van der Waals surface area contributed by atoms with Crippen molar-refractivity contribution in [2.75, 3.05) is 13.1 Å². The summed E-state index contributed by atoms with van der Waals surface area (Å²) in [5.41, 5.74) is 2.42. The Labute approximate surface area is 164 Å². The second-order valence-corrected chi connectivity index (χ2v) is 7.40. The summed E-state index contributed by atoms with van der Waals surface area (Å²) in [6.07, 6.45) is 1.79. The first-order valence-corrected chi connectivity index (χ1v) is 9.62. The molecule has 1 atom stereocenters. The van der Waals surface area contributed by atoms with E-state index >= 15 is 0 Å². The first kappa shape index (κ1) is 18.2. The molecule has 2 aromatic carbocycles. The minimum Gasteiger partial charge on any atom is -0.338 e. The standard InChI is InChI=1S/C22H24N4O2/c1-16-8-6-9-17(14-16)21(27)25-13-7-10-18(15-25)20-23-24(2)22(28)26(20)19-11-4-3-5-12-19/h3-6,8-9,11-12,14,18H,7,10,13,15H2,1-2H3. The van der Waals surface area contributed by atoms with Crippen LogP contribution in [0.25, 0.3) is 5.69 Å². The predicted octanol–water partition coefficient (Wildman–Crippen LogP) is 2.90. The van der Waals surface area contributed by atoms with E-state index in [2.05, 4.69) is 5.10 Å². The third-order valence-corrected chi connectivity index (χ3v) is 5.30. The first-order chi connectivity index (χ1) is 13.5. The van der Waals surface area contributed by atoms with Crippen LogP contribution in [0.5, 0.6) is 0 Å². The summed E-state index contributed by atoms with van der Waals surface area (Å²) in [6, 6.07) is 17.2. The zero-order chi connectivity index (χ0) is 19.7. The molecule has 1 amide bonds. The van der Waals surface area contributed by atoms with Crippen LogP contribution < -0.4 is 5.69 Å².